The fourth-order valence-electron chi connectivity index (χ4n) is 2.37. The molecule has 8 nitrogen and oxygen atoms in total. The number of amides is 2. The molecule has 0 spiro atoms. The van der Waals surface area contributed by atoms with Crippen LogP contribution in [0.25, 0.3) is 11.0 Å². The highest BCUT2D eigenvalue weighted by Gasteiger charge is 2.07. The summed E-state index contributed by atoms with van der Waals surface area (Å²) in [4.78, 5) is 40.0. The number of hydrogen-bond donors (Lipinski definition) is 4. The van der Waals surface area contributed by atoms with Crippen molar-refractivity contribution in [3.8, 4) is 5.75 Å². The summed E-state index contributed by atoms with van der Waals surface area (Å²) in [6.07, 6.45) is 0.379. The van der Waals surface area contributed by atoms with Gasteiger partial charge in [-0.2, -0.15) is 0 Å². The zero-order valence-corrected chi connectivity index (χ0v) is 14.1. The van der Waals surface area contributed by atoms with Gasteiger partial charge in [-0.15, -0.1) is 0 Å². The Hall–Kier alpha value is -3.55. The number of imidazole rings is 1. The lowest BCUT2D eigenvalue weighted by Crippen LogP contribution is -2.20. The van der Waals surface area contributed by atoms with Crippen LogP contribution in [0.2, 0.25) is 0 Å². The number of H-pyrrole nitrogens is 2. The number of anilines is 2. The van der Waals surface area contributed by atoms with E-state index >= 15 is 0 Å². The Morgan fingerprint density at radius 1 is 0.962 bits per heavy atom. The average molecular weight is 354 g/mol. The molecule has 0 saturated heterocycles. The van der Waals surface area contributed by atoms with Crippen LogP contribution in [0.4, 0.5) is 11.4 Å². The molecule has 1 aromatic heterocycles. The molecule has 26 heavy (non-hydrogen) atoms. The highest BCUT2D eigenvalue weighted by atomic mass is 16.5. The van der Waals surface area contributed by atoms with Crippen molar-refractivity contribution in [2.24, 2.45) is 0 Å². The fraction of sp³-hybridized carbons (Fsp3) is 0.167. The van der Waals surface area contributed by atoms with Gasteiger partial charge in [0.2, 0.25) is 5.91 Å². The van der Waals surface area contributed by atoms with Crippen LogP contribution in [0.3, 0.4) is 0 Å². The molecular formula is C18H18N4O4. The van der Waals surface area contributed by atoms with Gasteiger partial charge in [-0.1, -0.05) is 13.0 Å². The van der Waals surface area contributed by atoms with Gasteiger partial charge in [-0.25, -0.2) is 4.79 Å². The molecule has 0 aliphatic heterocycles. The Balaban J connectivity index is 1.58. The van der Waals surface area contributed by atoms with Crippen LogP contribution >= 0.6 is 0 Å². The number of carbonyl (C=O) groups excluding carboxylic acids is 2. The Labute approximate surface area is 148 Å². The van der Waals surface area contributed by atoms with Gasteiger partial charge in [-0.05, 0) is 30.3 Å². The maximum atomic E-state index is 12.1. The molecule has 0 radical (unpaired) electrons. The molecule has 0 bridgehead atoms. The Kier molecular flexibility index (Phi) is 5.02. The normalized spacial score (nSPS) is 10.5. The van der Waals surface area contributed by atoms with E-state index in [1.807, 2.05) is 0 Å². The lowest BCUT2D eigenvalue weighted by atomic mass is 10.2. The minimum Gasteiger partial charge on any atom is -0.484 e. The quantitative estimate of drug-likeness (QED) is 0.543. The van der Waals surface area contributed by atoms with Gasteiger partial charge in [0.15, 0.2) is 6.61 Å². The third-order valence-electron chi connectivity index (χ3n) is 3.61. The number of rotatable bonds is 6. The van der Waals surface area contributed by atoms with Crippen LogP contribution in [-0.4, -0.2) is 28.4 Å². The van der Waals surface area contributed by atoms with Gasteiger partial charge in [0.25, 0.3) is 5.91 Å². The first-order valence-corrected chi connectivity index (χ1v) is 8.08. The summed E-state index contributed by atoms with van der Waals surface area (Å²) in [6, 6.07) is 11.9. The van der Waals surface area contributed by atoms with Crippen LogP contribution in [0.15, 0.2) is 47.3 Å². The van der Waals surface area contributed by atoms with E-state index in [2.05, 4.69) is 20.6 Å². The lowest BCUT2D eigenvalue weighted by Gasteiger charge is -2.09. The van der Waals surface area contributed by atoms with Crippen molar-refractivity contribution in [2.75, 3.05) is 17.2 Å². The molecule has 0 unspecified atom stereocenters. The Bertz CT molecular complexity index is 1010. The van der Waals surface area contributed by atoms with E-state index in [0.717, 1.165) is 0 Å². The molecule has 4 N–H and O–H groups in total. The Morgan fingerprint density at radius 3 is 2.50 bits per heavy atom. The second-order valence-electron chi connectivity index (χ2n) is 5.61. The minimum absolute atomic E-state index is 0.0990. The topological polar surface area (TPSA) is 116 Å². The van der Waals surface area contributed by atoms with Crippen molar-refractivity contribution in [3.05, 3.63) is 52.9 Å². The van der Waals surface area contributed by atoms with Crippen molar-refractivity contribution < 1.29 is 14.3 Å². The maximum Gasteiger partial charge on any atom is 0.323 e. The van der Waals surface area contributed by atoms with Gasteiger partial charge in [0, 0.05) is 23.9 Å². The number of nitrogens with one attached hydrogen (secondary N) is 4. The van der Waals surface area contributed by atoms with E-state index in [1.54, 1.807) is 49.4 Å². The molecule has 3 aromatic rings. The summed E-state index contributed by atoms with van der Waals surface area (Å²) in [5.74, 6) is 0.0304. The van der Waals surface area contributed by atoms with Crippen LogP contribution in [-0.2, 0) is 9.59 Å². The summed E-state index contributed by atoms with van der Waals surface area (Å²) in [7, 11) is 0. The molecule has 0 aliphatic rings. The highest BCUT2D eigenvalue weighted by Crippen LogP contribution is 2.18. The molecular weight excluding hydrogens is 336 g/mol. The molecule has 0 atom stereocenters. The maximum absolute atomic E-state index is 12.1. The molecule has 2 amide bonds. The number of hydrogen-bond acceptors (Lipinski definition) is 4. The minimum atomic E-state index is -0.342. The van der Waals surface area contributed by atoms with Gasteiger partial charge in [-0.3, -0.25) is 9.59 Å². The molecule has 0 saturated carbocycles. The van der Waals surface area contributed by atoms with Gasteiger partial charge in [0.05, 0.1) is 11.0 Å². The Morgan fingerprint density at radius 2 is 1.69 bits per heavy atom. The number of aromatic nitrogens is 2. The molecule has 2 aromatic carbocycles. The summed E-state index contributed by atoms with van der Waals surface area (Å²) >= 11 is 0. The first-order chi connectivity index (χ1) is 12.5. The van der Waals surface area contributed by atoms with E-state index in [0.29, 0.717) is 34.6 Å². The first kappa shape index (κ1) is 17.3. The second kappa shape index (κ2) is 7.56. The predicted octanol–water partition coefficient (Wildman–Crippen LogP) is 2.22. The second-order valence-corrected chi connectivity index (χ2v) is 5.61. The van der Waals surface area contributed by atoms with Crippen molar-refractivity contribution in [1.29, 1.82) is 0 Å². The number of fused-ring (bicyclic) bond motifs is 1. The number of benzene rings is 2. The molecule has 8 heteroatoms. The van der Waals surface area contributed by atoms with Crippen LogP contribution in [0, 0.1) is 0 Å². The molecule has 1 heterocycles. The average Bonchev–Trinajstić information content (AvgIpc) is 2.99. The van der Waals surface area contributed by atoms with Crippen molar-refractivity contribution in [3.63, 3.8) is 0 Å². The number of carbonyl (C=O) groups is 2. The highest BCUT2D eigenvalue weighted by molar-refractivity contribution is 5.94. The zero-order valence-electron chi connectivity index (χ0n) is 14.1. The van der Waals surface area contributed by atoms with Crippen LogP contribution < -0.4 is 21.1 Å². The van der Waals surface area contributed by atoms with Gasteiger partial charge in [0.1, 0.15) is 5.75 Å². The van der Waals surface area contributed by atoms with E-state index in [1.165, 1.54) is 0 Å². The van der Waals surface area contributed by atoms with Gasteiger partial charge >= 0.3 is 5.69 Å². The summed E-state index contributed by atoms with van der Waals surface area (Å²) in [5.41, 5.74) is 2.12. The van der Waals surface area contributed by atoms with E-state index < -0.39 is 0 Å². The van der Waals surface area contributed by atoms with Crippen molar-refractivity contribution in [2.45, 2.75) is 13.3 Å². The van der Waals surface area contributed by atoms with E-state index in [-0.39, 0.29) is 24.1 Å². The summed E-state index contributed by atoms with van der Waals surface area (Å²) in [6.45, 7) is 1.58. The number of aromatic amines is 2. The van der Waals surface area contributed by atoms with E-state index in [4.69, 9.17) is 4.74 Å². The zero-order chi connectivity index (χ0) is 18.5. The van der Waals surface area contributed by atoms with Crippen LogP contribution in [0.1, 0.15) is 13.3 Å². The summed E-state index contributed by atoms with van der Waals surface area (Å²) < 4.78 is 5.46. The monoisotopic (exact) mass is 354 g/mol. The predicted molar refractivity (Wildman–Crippen MR) is 98.4 cm³/mol. The summed E-state index contributed by atoms with van der Waals surface area (Å²) in [5, 5.41) is 5.43. The first-order valence-electron chi connectivity index (χ1n) is 8.08. The largest absolute Gasteiger partial charge is 0.484 e. The molecule has 3 rings (SSSR count). The fourth-order valence-corrected chi connectivity index (χ4v) is 2.37. The van der Waals surface area contributed by atoms with Crippen molar-refractivity contribution >= 4 is 34.2 Å². The van der Waals surface area contributed by atoms with E-state index in [9.17, 15) is 14.4 Å². The third-order valence-corrected chi connectivity index (χ3v) is 3.61. The van der Waals surface area contributed by atoms with Crippen LogP contribution in [0.5, 0.6) is 5.75 Å². The molecule has 0 aliphatic carbocycles. The lowest BCUT2D eigenvalue weighted by molar-refractivity contribution is -0.118. The van der Waals surface area contributed by atoms with Crippen molar-refractivity contribution in [1.82, 2.24) is 9.97 Å². The molecule has 0 fully saturated rings. The molecule has 134 valence electrons. The SMILES string of the molecule is CCC(=O)Nc1cccc(OCC(=O)Nc2ccc3[nH]c(=O)[nH]c3c2)c1. The standard InChI is InChI=1S/C18H18N4O4/c1-2-16(23)19-11-4-3-5-13(8-11)26-10-17(24)20-12-6-7-14-15(9-12)22-18(25)21-14/h3-9H,2,10H2,1H3,(H,19,23)(H,20,24)(H2,21,22,25). The number of ether oxygens (including phenoxy) is 1. The third kappa shape index (κ3) is 4.29. The smallest absolute Gasteiger partial charge is 0.323 e. The van der Waals surface area contributed by atoms with Gasteiger partial charge < -0.3 is 25.3 Å².